The van der Waals surface area contributed by atoms with Crippen molar-refractivity contribution in [2.24, 2.45) is 0 Å². The Morgan fingerprint density at radius 3 is 2.56 bits per heavy atom. The van der Waals surface area contributed by atoms with Crippen LogP contribution in [0.1, 0.15) is 25.7 Å². The predicted octanol–water partition coefficient (Wildman–Crippen LogP) is 3.99. The first-order valence-electron chi connectivity index (χ1n) is 11.0. The van der Waals surface area contributed by atoms with Gasteiger partial charge in [-0.2, -0.15) is 4.31 Å². The molecule has 0 aliphatic carbocycles. The van der Waals surface area contributed by atoms with Crippen molar-refractivity contribution in [3.05, 3.63) is 54.6 Å². The first kappa shape index (κ1) is 21.6. The number of aromatic nitrogens is 3. The average molecular weight is 471 g/mol. The number of nitrogens with zero attached hydrogens (tertiary/aromatic N) is 4. The molecule has 0 unspecified atom stereocenters. The van der Waals surface area contributed by atoms with Gasteiger partial charge in [-0.05, 0) is 49.9 Å². The highest BCUT2D eigenvalue weighted by atomic mass is 32.2. The molecule has 0 radical (unpaired) electrons. The average Bonchev–Trinajstić information content (AvgIpc) is 3.60. The molecule has 1 aromatic heterocycles. The molecule has 9 heteroatoms. The fourth-order valence-corrected chi connectivity index (χ4v) is 6.76. The number of rotatable bonds is 7. The van der Waals surface area contributed by atoms with Gasteiger partial charge in [0.1, 0.15) is 0 Å². The van der Waals surface area contributed by atoms with E-state index >= 15 is 0 Å². The Kier molecular flexibility index (Phi) is 6.32. The lowest BCUT2D eigenvalue weighted by Gasteiger charge is -2.16. The maximum absolute atomic E-state index is 13.1. The molecule has 2 fully saturated rings. The van der Waals surface area contributed by atoms with Crippen LogP contribution in [0.25, 0.3) is 17.1 Å². The van der Waals surface area contributed by atoms with E-state index in [4.69, 9.17) is 4.74 Å². The molecule has 3 heterocycles. The zero-order chi connectivity index (χ0) is 22.0. The number of hydrogen-bond donors (Lipinski definition) is 0. The number of thioether (sulfide) groups is 1. The van der Waals surface area contributed by atoms with Crippen LogP contribution in [-0.2, 0) is 14.8 Å². The van der Waals surface area contributed by atoms with Crippen molar-refractivity contribution in [3.63, 3.8) is 0 Å². The smallest absolute Gasteiger partial charge is 0.243 e. The molecule has 7 nitrogen and oxygen atoms in total. The molecule has 0 amide bonds. The lowest BCUT2D eigenvalue weighted by molar-refractivity contribution is 0.129. The molecule has 32 heavy (non-hydrogen) atoms. The first-order chi connectivity index (χ1) is 15.6. The largest absolute Gasteiger partial charge is 0.377 e. The lowest BCUT2D eigenvalue weighted by atomic mass is 10.2. The molecule has 2 aliphatic rings. The lowest BCUT2D eigenvalue weighted by Crippen LogP contribution is -2.27. The van der Waals surface area contributed by atoms with E-state index in [9.17, 15) is 8.42 Å². The minimum atomic E-state index is -3.51. The predicted molar refractivity (Wildman–Crippen MR) is 124 cm³/mol. The van der Waals surface area contributed by atoms with Gasteiger partial charge in [0.25, 0.3) is 0 Å². The van der Waals surface area contributed by atoms with Gasteiger partial charge in [-0.3, -0.25) is 4.57 Å². The van der Waals surface area contributed by atoms with E-state index in [0.29, 0.717) is 23.8 Å². The summed E-state index contributed by atoms with van der Waals surface area (Å²) in [4.78, 5) is 0.299. The van der Waals surface area contributed by atoms with Gasteiger partial charge in [0, 0.05) is 36.7 Å². The van der Waals surface area contributed by atoms with Crippen LogP contribution in [0.4, 0.5) is 0 Å². The van der Waals surface area contributed by atoms with Gasteiger partial charge in [0.15, 0.2) is 11.0 Å². The summed E-state index contributed by atoms with van der Waals surface area (Å²) in [6.07, 6.45) is 4.22. The Morgan fingerprint density at radius 1 is 1.00 bits per heavy atom. The van der Waals surface area contributed by atoms with Gasteiger partial charge in [-0.25, -0.2) is 8.42 Å². The Morgan fingerprint density at radius 2 is 1.81 bits per heavy atom. The number of benzene rings is 2. The Labute approximate surface area is 192 Å². The maximum Gasteiger partial charge on any atom is 0.243 e. The number of para-hydroxylation sites is 1. The second-order valence-corrected chi connectivity index (χ2v) is 11.0. The third kappa shape index (κ3) is 4.34. The van der Waals surface area contributed by atoms with Crippen molar-refractivity contribution in [2.45, 2.75) is 41.8 Å². The summed E-state index contributed by atoms with van der Waals surface area (Å²) >= 11 is 1.62. The highest BCUT2D eigenvalue weighted by molar-refractivity contribution is 7.99. The van der Waals surface area contributed by atoms with Crippen LogP contribution in [0.3, 0.4) is 0 Å². The molecule has 3 aromatic rings. The van der Waals surface area contributed by atoms with Crippen LogP contribution in [0.5, 0.6) is 0 Å². The minimum Gasteiger partial charge on any atom is -0.377 e. The maximum atomic E-state index is 13.1. The van der Waals surface area contributed by atoms with E-state index in [2.05, 4.69) is 10.2 Å². The van der Waals surface area contributed by atoms with Gasteiger partial charge in [-0.15, -0.1) is 10.2 Å². The number of hydrogen-bond acceptors (Lipinski definition) is 6. The SMILES string of the molecule is O=S(=O)(c1cccc(-c2nnc(SC[C@@H]3CCCO3)n2-c2ccccc2)c1)N1CCCC1. The second kappa shape index (κ2) is 9.35. The van der Waals surface area contributed by atoms with Crippen molar-refractivity contribution >= 4 is 21.8 Å². The number of sulfonamides is 1. The van der Waals surface area contributed by atoms with E-state index in [0.717, 1.165) is 54.5 Å². The molecular formula is C23H26N4O3S2. The van der Waals surface area contributed by atoms with Crippen molar-refractivity contribution in [3.8, 4) is 17.1 Å². The van der Waals surface area contributed by atoms with Crippen LogP contribution in [0.15, 0.2) is 64.6 Å². The zero-order valence-electron chi connectivity index (χ0n) is 17.8. The summed E-state index contributed by atoms with van der Waals surface area (Å²) in [5.74, 6) is 1.44. The van der Waals surface area contributed by atoms with Crippen LogP contribution in [0, 0.1) is 0 Å². The molecule has 2 aliphatic heterocycles. The van der Waals surface area contributed by atoms with E-state index in [1.165, 1.54) is 0 Å². The molecule has 2 aromatic carbocycles. The highest BCUT2D eigenvalue weighted by Crippen LogP contribution is 2.31. The van der Waals surface area contributed by atoms with Gasteiger partial charge in [0.2, 0.25) is 10.0 Å². The summed E-state index contributed by atoms with van der Waals surface area (Å²) in [5, 5.41) is 9.70. The molecule has 2 saturated heterocycles. The molecule has 1 atom stereocenters. The summed E-state index contributed by atoms with van der Waals surface area (Å²) in [6.45, 7) is 1.98. The molecule has 0 spiro atoms. The third-order valence-electron chi connectivity index (χ3n) is 5.87. The van der Waals surface area contributed by atoms with E-state index < -0.39 is 10.0 Å². The van der Waals surface area contributed by atoms with Gasteiger partial charge in [-0.1, -0.05) is 42.1 Å². The van der Waals surface area contributed by atoms with Gasteiger partial charge < -0.3 is 4.74 Å². The Hall–Kier alpha value is -2.20. The summed E-state index contributed by atoms with van der Waals surface area (Å²) < 4.78 is 35.5. The Bertz CT molecular complexity index is 1170. The topological polar surface area (TPSA) is 77.3 Å². The molecule has 0 bridgehead atoms. The third-order valence-corrected chi connectivity index (χ3v) is 8.82. The van der Waals surface area contributed by atoms with Crippen LogP contribution >= 0.6 is 11.8 Å². The van der Waals surface area contributed by atoms with Crippen LogP contribution in [-0.4, -0.2) is 59.0 Å². The zero-order valence-corrected chi connectivity index (χ0v) is 19.4. The normalized spacial score (nSPS) is 19.6. The van der Waals surface area contributed by atoms with Crippen LogP contribution in [0.2, 0.25) is 0 Å². The molecule has 0 saturated carbocycles. The van der Waals surface area contributed by atoms with E-state index in [-0.39, 0.29) is 6.10 Å². The second-order valence-electron chi connectivity index (χ2n) is 8.06. The summed E-state index contributed by atoms with van der Waals surface area (Å²) in [7, 11) is -3.51. The monoisotopic (exact) mass is 470 g/mol. The van der Waals surface area contributed by atoms with E-state index in [1.807, 2.05) is 41.0 Å². The van der Waals surface area contributed by atoms with Gasteiger partial charge in [0.05, 0.1) is 11.0 Å². The Balaban J connectivity index is 1.52. The summed E-state index contributed by atoms with van der Waals surface area (Å²) in [5.41, 5.74) is 1.67. The molecule has 0 N–H and O–H groups in total. The quantitative estimate of drug-likeness (QED) is 0.486. The van der Waals surface area contributed by atoms with Crippen molar-refractivity contribution in [1.29, 1.82) is 0 Å². The molecule has 168 valence electrons. The standard InChI is InChI=1S/C23H26N4O3S2/c28-32(29,26-13-4-5-14-26)21-12-6-8-18(16-21)22-24-25-23(31-17-20-11-7-15-30-20)27(22)19-9-2-1-3-10-19/h1-3,6,8-10,12,16,20H,4-5,7,11,13-15,17H2/t20-/m0/s1. The summed E-state index contributed by atoms with van der Waals surface area (Å²) in [6, 6.07) is 17.0. The fraction of sp³-hybridized carbons (Fsp3) is 0.391. The van der Waals surface area contributed by atoms with Crippen LogP contribution < -0.4 is 0 Å². The first-order valence-corrected chi connectivity index (χ1v) is 13.4. The van der Waals surface area contributed by atoms with E-state index in [1.54, 1.807) is 34.3 Å². The van der Waals surface area contributed by atoms with Crippen molar-refractivity contribution in [2.75, 3.05) is 25.4 Å². The highest BCUT2D eigenvalue weighted by Gasteiger charge is 2.28. The molecule has 5 rings (SSSR count). The fourth-order valence-electron chi connectivity index (χ4n) is 4.18. The molecular weight excluding hydrogens is 444 g/mol. The van der Waals surface area contributed by atoms with Gasteiger partial charge >= 0.3 is 0 Å². The number of ether oxygens (including phenoxy) is 1. The minimum absolute atomic E-state index is 0.235. The van der Waals surface area contributed by atoms with Crippen molar-refractivity contribution < 1.29 is 13.2 Å². The van der Waals surface area contributed by atoms with Crippen molar-refractivity contribution in [1.82, 2.24) is 19.1 Å².